The van der Waals surface area contributed by atoms with Crippen LogP contribution in [0, 0.1) is 0 Å². The number of urea groups is 1. The van der Waals surface area contributed by atoms with Crippen LogP contribution in [0.5, 0.6) is 0 Å². The molecule has 0 aliphatic carbocycles. The Morgan fingerprint density at radius 1 is 1.02 bits per heavy atom. The molecule has 2 aromatic rings. The fourth-order valence-electron chi connectivity index (χ4n) is 5.92. The second-order valence-corrected chi connectivity index (χ2v) is 12.4. The van der Waals surface area contributed by atoms with Crippen LogP contribution in [0.3, 0.4) is 0 Å². The molecule has 12 heteroatoms. The smallest absolute Gasteiger partial charge is 0.410 e. The average Bonchev–Trinajstić information content (AvgIpc) is 3.30. The normalized spacial score (nSPS) is 20.2. The Kier molecular flexibility index (Phi) is 8.42. The second kappa shape index (κ2) is 12.0. The SMILES string of the molecule is CN1CCN([C@@H]2CCCN(c3cnc(C(N)=O)c(Nc4ccc(C5CCN(C(=O)OC(C)(C)C)CC5)cc4)n3)C2)C1=O. The van der Waals surface area contributed by atoms with Gasteiger partial charge >= 0.3 is 12.1 Å². The van der Waals surface area contributed by atoms with E-state index >= 15 is 0 Å². The molecule has 1 atom stereocenters. The Labute approximate surface area is 247 Å². The molecular formula is C30H42N8O4. The summed E-state index contributed by atoms with van der Waals surface area (Å²) in [5, 5.41) is 3.24. The van der Waals surface area contributed by atoms with E-state index < -0.39 is 11.5 Å². The van der Waals surface area contributed by atoms with E-state index in [-0.39, 0.29) is 23.9 Å². The van der Waals surface area contributed by atoms with Crippen LogP contribution in [0.25, 0.3) is 0 Å². The number of likely N-dealkylation sites (tertiary alicyclic amines) is 1. The van der Waals surface area contributed by atoms with Crippen molar-refractivity contribution in [2.45, 2.75) is 64.0 Å². The quantitative estimate of drug-likeness (QED) is 0.529. The van der Waals surface area contributed by atoms with Gasteiger partial charge < -0.3 is 35.4 Å². The number of anilines is 3. The number of nitrogens with zero attached hydrogens (tertiary/aromatic N) is 6. The molecule has 42 heavy (non-hydrogen) atoms. The maximum absolute atomic E-state index is 12.6. The highest BCUT2D eigenvalue weighted by molar-refractivity contribution is 5.96. The molecule has 3 fully saturated rings. The van der Waals surface area contributed by atoms with Crippen LogP contribution >= 0.6 is 0 Å². The minimum Gasteiger partial charge on any atom is -0.444 e. The van der Waals surface area contributed by atoms with Crippen LogP contribution in [-0.2, 0) is 4.74 Å². The lowest BCUT2D eigenvalue weighted by Gasteiger charge is -2.37. The summed E-state index contributed by atoms with van der Waals surface area (Å²) in [4.78, 5) is 53.9. The first-order valence-corrected chi connectivity index (χ1v) is 14.8. The van der Waals surface area contributed by atoms with Crippen molar-refractivity contribution < 1.29 is 19.1 Å². The summed E-state index contributed by atoms with van der Waals surface area (Å²) in [7, 11) is 1.83. The number of nitrogens with one attached hydrogen (secondary N) is 1. The lowest BCUT2D eigenvalue weighted by atomic mass is 9.89. The van der Waals surface area contributed by atoms with Gasteiger partial charge in [0.2, 0.25) is 0 Å². The number of nitrogens with two attached hydrogens (primary N) is 1. The van der Waals surface area contributed by atoms with Crippen LogP contribution < -0.4 is 16.0 Å². The molecule has 0 saturated carbocycles. The summed E-state index contributed by atoms with van der Waals surface area (Å²) in [6.45, 7) is 9.86. The molecule has 3 N–H and O–H groups in total. The molecule has 0 radical (unpaired) electrons. The molecule has 5 rings (SSSR count). The minimum atomic E-state index is -0.660. The molecule has 0 spiro atoms. The third-order valence-electron chi connectivity index (χ3n) is 8.19. The van der Waals surface area contributed by atoms with Gasteiger partial charge in [-0.15, -0.1) is 0 Å². The Morgan fingerprint density at radius 3 is 2.36 bits per heavy atom. The molecule has 1 aromatic carbocycles. The van der Waals surface area contributed by atoms with Crippen LogP contribution in [-0.4, -0.2) is 101 Å². The van der Waals surface area contributed by atoms with E-state index in [9.17, 15) is 14.4 Å². The third-order valence-corrected chi connectivity index (χ3v) is 8.19. The lowest BCUT2D eigenvalue weighted by Crippen LogP contribution is -2.49. The maximum atomic E-state index is 12.6. The first kappa shape index (κ1) is 29.4. The Balaban J connectivity index is 1.24. The fraction of sp³-hybridized carbons (Fsp3) is 0.567. The zero-order chi connectivity index (χ0) is 30.0. The van der Waals surface area contributed by atoms with E-state index in [4.69, 9.17) is 15.5 Å². The Morgan fingerprint density at radius 2 is 1.74 bits per heavy atom. The van der Waals surface area contributed by atoms with Gasteiger partial charge in [-0.2, -0.15) is 0 Å². The van der Waals surface area contributed by atoms with Crippen LogP contribution in [0.15, 0.2) is 30.5 Å². The molecule has 3 aliphatic rings. The highest BCUT2D eigenvalue weighted by atomic mass is 16.6. The zero-order valence-corrected chi connectivity index (χ0v) is 25.0. The summed E-state index contributed by atoms with van der Waals surface area (Å²) in [6, 6.07) is 8.22. The first-order chi connectivity index (χ1) is 20.0. The highest BCUT2D eigenvalue weighted by Gasteiger charge is 2.35. The highest BCUT2D eigenvalue weighted by Crippen LogP contribution is 2.31. The zero-order valence-electron chi connectivity index (χ0n) is 25.0. The van der Waals surface area contributed by atoms with Crippen LogP contribution in [0.1, 0.15) is 68.4 Å². The summed E-state index contributed by atoms with van der Waals surface area (Å²) < 4.78 is 5.51. The topological polar surface area (TPSA) is 137 Å². The molecule has 0 bridgehead atoms. The van der Waals surface area contributed by atoms with E-state index in [2.05, 4.69) is 27.3 Å². The molecule has 0 unspecified atom stereocenters. The van der Waals surface area contributed by atoms with Crippen molar-refractivity contribution in [3.05, 3.63) is 41.7 Å². The molecule has 3 aliphatic heterocycles. The van der Waals surface area contributed by atoms with Crippen molar-refractivity contribution in [2.75, 3.05) is 56.5 Å². The van der Waals surface area contributed by atoms with Gasteiger partial charge in [-0.25, -0.2) is 19.6 Å². The number of carbonyl (C=O) groups excluding carboxylic acids is 3. The van der Waals surface area contributed by atoms with Gasteiger partial charge in [-0.05, 0) is 70.1 Å². The largest absolute Gasteiger partial charge is 0.444 e. The number of benzene rings is 1. The van der Waals surface area contributed by atoms with E-state index in [0.29, 0.717) is 37.2 Å². The van der Waals surface area contributed by atoms with Crippen LogP contribution in [0.2, 0.25) is 0 Å². The van der Waals surface area contributed by atoms with Crippen molar-refractivity contribution in [3.63, 3.8) is 0 Å². The summed E-state index contributed by atoms with van der Waals surface area (Å²) >= 11 is 0. The number of hydrogen-bond acceptors (Lipinski definition) is 8. The predicted octanol–water partition coefficient (Wildman–Crippen LogP) is 3.77. The summed E-state index contributed by atoms with van der Waals surface area (Å²) in [5.74, 6) is 0.626. The van der Waals surface area contributed by atoms with Gasteiger partial charge in [0.15, 0.2) is 11.5 Å². The number of likely N-dealkylation sites (N-methyl/N-ethyl adjacent to an activating group) is 1. The van der Waals surface area contributed by atoms with Gasteiger partial charge in [-0.3, -0.25) is 4.79 Å². The molecule has 4 heterocycles. The predicted molar refractivity (Wildman–Crippen MR) is 160 cm³/mol. The Bertz CT molecular complexity index is 1300. The van der Waals surface area contributed by atoms with E-state index in [1.807, 2.05) is 44.9 Å². The second-order valence-electron chi connectivity index (χ2n) is 12.4. The summed E-state index contributed by atoms with van der Waals surface area (Å²) in [6.07, 6.45) is 4.92. The van der Waals surface area contributed by atoms with Gasteiger partial charge in [0.25, 0.3) is 5.91 Å². The number of aromatic nitrogens is 2. The van der Waals surface area contributed by atoms with Crippen molar-refractivity contribution in [3.8, 4) is 0 Å². The standard InChI is InChI=1S/C30H42N8O4/c1-30(2,3)42-29(41)36-14-11-21(12-15-36)20-7-9-22(10-8-20)33-27-25(26(31)39)32-18-24(34-27)37-13-5-6-23(19-37)38-17-16-35(4)28(38)40/h7-10,18,21,23H,5-6,11-17,19H2,1-4H3,(H2,31,39)(H,33,34)/t23-/m1/s1. The molecule has 3 saturated heterocycles. The van der Waals surface area contributed by atoms with E-state index in [1.165, 1.54) is 5.56 Å². The number of hydrogen-bond donors (Lipinski definition) is 2. The van der Waals surface area contributed by atoms with Crippen molar-refractivity contribution in [1.82, 2.24) is 24.7 Å². The van der Waals surface area contributed by atoms with Gasteiger partial charge in [0.05, 0.1) is 12.2 Å². The fourth-order valence-corrected chi connectivity index (χ4v) is 5.92. The molecule has 1 aromatic heterocycles. The molecule has 226 valence electrons. The monoisotopic (exact) mass is 578 g/mol. The maximum Gasteiger partial charge on any atom is 0.410 e. The molecule has 12 nitrogen and oxygen atoms in total. The lowest BCUT2D eigenvalue weighted by molar-refractivity contribution is 0.0204. The number of primary amides is 1. The van der Waals surface area contributed by atoms with E-state index in [1.54, 1.807) is 16.0 Å². The van der Waals surface area contributed by atoms with Gasteiger partial charge in [0, 0.05) is 52.0 Å². The molecular weight excluding hydrogens is 536 g/mol. The van der Waals surface area contributed by atoms with Gasteiger partial charge in [-0.1, -0.05) is 12.1 Å². The first-order valence-electron chi connectivity index (χ1n) is 14.8. The number of ether oxygens (including phenoxy) is 1. The molecule has 4 amide bonds. The van der Waals surface area contributed by atoms with E-state index in [0.717, 1.165) is 51.0 Å². The van der Waals surface area contributed by atoms with Crippen molar-refractivity contribution >= 4 is 35.4 Å². The number of piperidine rings is 2. The number of rotatable bonds is 6. The van der Waals surface area contributed by atoms with Gasteiger partial charge in [0.1, 0.15) is 11.4 Å². The number of amides is 4. The number of carbonyl (C=O) groups is 3. The minimum absolute atomic E-state index is 0.0661. The van der Waals surface area contributed by atoms with Crippen LogP contribution in [0.4, 0.5) is 26.9 Å². The average molecular weight is 579 g/mol. The van der Waals surface area contributed by atoms with Crippen molar-refractivity contribution in [1.29, 1.82) is 0 Å². The summed E-state index contributed by atoms with van der Waals surface area (Å²) in [5.41, 5.74) is 7.17. The third kappa shape index (κ3) is 6.69. The Hall–Kier alpha value is -4.09. The van der Waals surface area contributed by atoms with Crippen molar-refractivity contribution in [2.24, 2.45) is 5.73 Å².